The third kappa shape index (κ3) is 5.53. The summed E-state index contributed by atoms with van der Waals surface area (Å²) in [4.78, 5) is 8.74. The first-order valence-corrected chi connectivity index (χ1v) is 15.5. The Labute approximate surface area is 219 Å². The number of hydrogen-bond donors (Lipinski definition) is 1. The summed E-state index contributed by atoms with van der Waals surface area (Å²) in [7, 11) is 5.66. The maximum atomic E-state index is 5.66. The molecule has 0 amide bonds. The highest BCUT2D eigenvalue weighted by Crippen LogP contribution is 2.46. The summed E-state index contributed by atoms with van der Waals surface area (Å²) >= 11 is 0. The first kappa shape index (κ1) is 26.4. The van der Waals surface area contributed by atoms with Gasteiger partial charge >= 0.3 is 5.95 Å². The number of aromatic nitrogens is 3. The molecule has 3 aromatic rings. The number of aromatic amines is 1. The molecule has 4 nitrogen and oxygen atoms in total. The molecule has 0 saturated heterocycles. The number of unbranched alkanes of at least 4 members (excludes halogenated alkanes) is 3. The molecule has 2 aromatic heterocycles. The van der Waals surface area contributed by atoms with Crippen LogP contribution in [0.2, 0.25) is 0 Å². The summed E-state index contributed by atoms with van der Waals surface area (Å²) in [6, 6.07) is 6.74. The largest absolute Gasteiger partial charge is 0.496 e. The minimum Gasteiger partial charge on any atom is -0.496 e. The average molecular weight is 513 g/mol. The van der Waals surface area contributed by atoms with Crippen molar-refractivity contribution in [3.8, 4) is 11.7 Å². The van der Waals surface area contributed by atoms with E-state index in [0.29, 0.717) is 0 Å². The standard InChI is InChI=1S/C29H42N3OS2/c1-8-9-10-11-16-34-35-19-25-20(2)26(33-7)12-15-32(25)27-30-23-17-21-22(18-24(23)31-27)29(5,6)14-13-28(21,3)4/h12,15,17-18H,8-11,13-14,16,19H2,1-7H3,(H,30,31)/q+1. The highest BCUT2D eigenvalue weighted by molar-refractivity contribution is 8.76. The normalized spacial score (nSPS) is 16.4. The Morgan fingerprint density at radius 2 is 1.74 bits per heavy atom. The second-order valence-electron chi connectivity index (χ2n) is 11.2. The Balaban J connectivity index is 1.67. The van der Waals surface area contributed by atoms with E-state index in [1.807, 2.05) is 27.7 Å². The van der Waals surface area contributed by atoms with Crippen molar-refractivity contribution < 1.29 is 9.30 Å². The van der Waals surface area contributed by atoms with E-state index in [-0.39, 0.29) is 10.8 Å². The van der Waals surface area contributed by atoms with Crippen molar-refractivity contribution >= 4 is 32.6 Å². The fraction of sp³-hybridized carbons (Fsp3) is 0.586. The van der Waals surface area contributed by atoms with E-state index in [0.717, 1.165) is 28.5 Å². The van der Waals surface area contributed by atoms with E-state index < -0.39 is 0 Å². The van der Waals surface area contributed by atoms with Gasteiger partial charge in [-0.3, -0.25) is 0 Å². The van der Waals surface area contributed by atoms with Crippen LogP contribution in [0.25, 0.3) is 17.0 Å². The third-order valence-corrected chi connectivity index (χ3v) is 10.1. The SMILES string of the molecule is CCCCCCSSCc1c(C)c(OC)cc[n+]1-c1nc2cc3c(cc2[nH]1)C(C)(C)CCC3(C)C. The van der Waals surface area contributed by atoms with Crippen LogP contribution in [0.15, 0.2) is 24.4 Å². The summed E-state index contributed by atoms with van der Waals surface area (Å²) in [6.07, 6.45) is 9.77. The van der Waals surface area contributed by atoms with Gasteiger partial charge in [0.05, 0.1) is 19.1 Å². The molecular weight excluding hydrogens is 470 g/mol. The van der Waals surface area contributed by atoms with Crippen molar-refractivity contribution in [3.63, 3.8) is 0 Å². The van der Waals surface area contributed by atoms with Crippen LogP contribution in [0.1, 0.15) is 95.5 Å². The van der Waals surface area contributed by atoms with Crippen molar-refractivity contribution in [1.29, 1.82) is 0 Å². The molecule has 4 rings (SSSR count). The Morgan fingerprint density at radius 3 is 2.43 bits per heavy atom. The van der Waals surface area contributed by atoms with Crippen molar-refractivity contribution in [2.45, 2.75) is 96.7 Å². The van der Waals surface area contributed by atoms with Crippen LogP contribution >= 0.6 is 21.6 Å². The van der Waals surface area contributed by atoms with Gasteiger partial charge in [-0.05, 0) is 60.3 Å². The van der Waals surface area contributed by atoms with Crippen molar-refractivity contribution in [1.82, 2.24) is 9.97 Å². The number of imidazole rings is 1. The van der Waals surface area contributed by atoms with Crippen LogP contribution in [0, 0.1) is 6.92 Å². The molecule has 0 aliphatic heterocycles. The van der Waals surface area contributed by atoms with Gasteiger partial charge in [0.25, 0.3) is 0 Å². The molecule has 35 heavy (non-hydrogen) atoms. The Bertz CT molecular complexity index is 1130. The average Bonchev–Trinajstić information content (AvgIpc) is 3.24. The van der Waals surface area contributed by atoms with Crippen LogP contribution in [0.4, 0.5) is 0 Å². The zero-order valence-corrected chi connectivity index (χ0v) is 24.2. The fourth-order valence-electron chi connectivity index (χ4n) is 5.19. The number of H-pyrrole nitrogens is 1. The van der Waals surface area contributed by atoms with E-state index in [9.17, 15) is 0 Å². The molecule has 2 heterocycles. The molecule has 0 fully saturated rings. The van der Waals surface area contributed by atoms with Gasteiger partial charge in [0.2, 0.25) is 0 Å². The van der Waals surface area contributed by atoms with Gasteiger partial charge in [0.15, 0.2) is 5.52 Å². The quantitative estimate of drug-likeness (QED) is 0.170. The van der Waals surface area contributed by atoms with Crippen LogP contribution < -0.4 is 9.30 Å². The third-order valence-electron chi connectivity index (χ3n) is 7.72. The minimum absolute atomic E-state index is 0.179. The first-order valence-electron chi connectivity index (χ1n) is 13.1. The lowest BCUT2D eigenvalue weighted by Gasteiger charge is -2.41. The van der Waals surface area contributed by atoms with Gasteiger partial charge in [-0.15, -0.1) is 0 Å². The van der Waals surface area contributed by atoms with Gasteiger partial charge in [0.1, 0.15) is 17.0 Å². The lowest BCUT2D eigenvalue weighted by molar-refractivity contribution is -0.610. The molecule has 1 N–H and O–H groups in total. The van der Waals surface area contributed by atoms with E-state index in [1.54, 1.807) is 7.11 Å². The summed E-state index contributed by atoms with van der Waals surface area (Å²) in [5, 5.41) is 0. The van der Waals surface area contributed by atoms with Gasteiger partial charge in [-0.25, -0.2) is 9.55 Å². The molecule has 0 spiro atoms. The Kier molecular flexibility index (Phi) is 8.12. The van der Waals surface area contributed by atoms with E-state index in [2.05, 4.69) is 69.4 Å². The smallest absolute Gasteiger partial charge is 0.402 e. The predicted octanol–water partition coefficient (Wildman–Crippen LogP) is 7.97. The predicted molar refractivity (Wildman–Crippen MR) is 152 cm³/mol. The molecule has 0 saturated carbocycles. The fourth-order valence-corrected chi connectivity index (χ4v) is 7.48. The van der Waals surface area contributed by atoms with Crippen molar-refractivity contribution in [2.24, 2.45) is 0 Å². The highest BCUT2D eigenvalue weighted by Gasteiger charge is 2.38. The Morgan fingerprint density at radius 1 is 1.03 bits per heavy atom. The second kappa shape index (κ2) is 10.8. The Hall–Kier alpha value is -1.66. The summed E-state index contributed by atoms with van der Waals surface area (Å²) in [5.41, 5.74) is 7.86. The van der Waals surface area contributed by atoms with E-state index >= 15 is 0 Å². The molecular formula is C29H42N3OS2+. The lowest BCUT2D eigenvalue weighted by atomic mass is 9.63. The maximum absolute atomic E-state index is 5.66. The molecule has 1 aromatic carbocycles. The highest BCUT2D eigenvalue weighted by atomic mass is 33.1. The van der Waals surface area contributed by atoms with Crippen LogP contribution in [0.5, 0.6) is 5.75 Å². The number of methoxy groups -OCH3 is 1. The molecule has 1 aliphatic carbocycles. The zero-order chi connectivity index (χ0) is 25.2. The van der Waals surface area contributed by atoms with E-state index in [1.165, 1.54) is 66.7 Å². The molecule has 0 unspecified atom stereocenters. The number of pyridine rings is 1. The maximum Gasteiger partial charge on any atom is 0.402 e. The van der Waals surface area contributed by atoms with Crippen LogP contribution in [-0.4, -0.2) is 22.8 Å². The number of nitrogens with one attached hydrogen (secondary N) is 1. The first-order chi connectivity index (χ1) is 16.7. The number of benzene rings is 1. The lowest BCUT2D eigenvalue weighted by Crippen LogP contribution is -2.37. The molecule has 0 radical (unpaired) electrons. The summed E-state index contributed by atoms with van der Waals surface area (Å²) < 4.78 is 7.88. The van der Waals surface area contributed by atoms with Crippen molar-refractivity contribution in [3.05, 3.63) is 46.8 Å². The molecule has 0 atom stereocenters. The number of rotatable bonds is 10. The number of nitrogens with zero attached hydrogens (tertiary/aromatic N) is 2. The van der Waals surface area contributed by atoms with Gasteiger partial charge < -0.3 is 4.74 Å². The van der Waals surface area contributed by atoms with Gasteiger partial charge in [-0.2, -0.15) is 0 Å². The zero-order valence-electron chi connectivity index (χ0n) is 22.6. The number of ether oxygens (including phenoxy) is 1. The van der Waals surface area contributed by atoms with Gasteiger partial charge in [-0.1, -0.05) is 80.5 Å². The second-order valence-corrected chi connectivity index (χ2v) is 13.8. The van der Waals surface area contributed by atoms with Crippen LogP contribution in [0.3, 0.4) is 0 Å². The summed E-state index contributed by atoms with van der Waals surface area (Å²) in [5.74, 6) is 3.93. The molecule has 190 valence electrons. The molecule has 0 bridgehead atoms. The molecule has 1 aliphatic rings. The topological polar surface area (TPSA) is 41.8 Å². The number of fused-ring (bicyclic) bond motifs is 2. The summed E-state index contributed by atoms with van der Waals surface area (Å²) in [6.45, 7) is 13.9. The van der Waals surface area contributed by atoms with E-state index in [4.69, 9.17) is 9.72 Å². The van der Waals surface area contributed by atoms with Gasteiger partial charge in [0, 0.05) is 17.4 Å². The van der Waals surface area contributed by atoms with Crippen LogP contribution in [-0.2, 0) is 16.6 Å². The van der Waals surface area contributed by atoms with Crippen molar-refractivity contribution in [2.75, 3.05) is 12.9 Å². The minimum atomic E-state index is 0.179. The monoisotopic (exact) mass is 512 g/mol. The number of hydrogen-bond acceptors (Lipinski definition) is 4. The molecule has 6 heteroatoms.